The van der Waals surface area contributed by atoms with Gasteiger partial charge < -0.3 is 19.5 Å². The molecule has 0 saturated heterocycles. The van der Waals surface area contributed by atoms with E-state index < -0.39 is 0 Å². The van der Waals surface area contributed by atoms with Gasteiger partial charge in [-0.25, -0.2) is 9.97 Å². The van der Waals surface area contributed by atoms with Crippen molar-refractivity contribution in [1.29, 1.82) is 0 Å². The maximum absolute atomic E-state index is 5.18. The average Bonchev–Trinajstić information content (AvgIpc) is 3.01. The SMILES string of the molecule is COc1ccc(-c2nccc(NC3=COCO3)n2)cc1. The molecule has 20 heavy (non-hydrogen) atoms. The summed E-state index contributed by atoms with van der Waals surface area (Å²) < 4.78 is 15.3. The number of methoxy groups -OCH3 is 1. The lowest BCUT2D eigenvalue weighted by atomic mass is 10.2. The molecular formula is C14H13N3O3. The lowest BCUT2D eigenvalue weighted by Crippen LogP contribution is -2.02. The Balaban J connectivity index is 1.82. The summed E-state index contributed by atoms with van der Waals surface area (Å²) in [7, 11) is 1.63. The molecule has 1 aliphatic rings. The van der Waals surface area contributed by atoms with Crippen molar-refractivity contribution in [3.05, 3.63) is 48.7 Å². The van der Waals surface area contributed by atoms with E-state index in [0.29, 0.717) is 17.5 Å². The smallest absolute Gasteiger partial charge is 0.232 e. The minimum Gasteiger partial charge on any atom is -0.497 e. The number of rotatable bonds is 4. The number of hydrogen-bond acceptors (Lipinski definition) is 6. The van der Waals surface area contributed by atoms with Gasteiger partial charge >= 0.3 is 0 Å². The van der Waals surface area contributed by atoms with Gasteiger partial charge in [0.2, 0.25) is 12.7 Å². The van der Waals surface area contributed by atoms with Crippen LogP contribution in [0.25, 0.3) is 11.4 Å². The molecule has 0 fully saturated rings. The van der Waals surface area contributed by atoms with Gasteiger partial charge in [0, 0.05) is 11.8 Å². The van der Waals surface area contributed by atoms with Crippen LogP contribution in [-0.2, 0) is 9.47 Å². The van der Waals surface area contributed by atoms with Gasteiger partial charge in [0.1, 0.15) is 17.8 Å². The number of nitrogens with zero attached hydrogens (tertiary/aromatic N) is 2. The third-order valence-corrected chi connectivity index (χ3v) is 2.73. The number of nitrogens with one attached hydrogen (secondary N) is 1. The number of benzene rings is 1. The third kappa shape index (κ3) is 2.64. The summed E-state index contributed by atoms with van der Waals surface area (Å²) in [6, 6.07) is 9.32. The predicted molar refractivity (Wildman–Crippen MR) is 72.8 cm³/mol. The summed E-state index contributed by atoms with van der Waals surface area (Å²) in [6.45, 7) is 0.221. The summed E-state index contributed by atoms with van der Waals surface area (Å²) in [5, 5.41) is 3.01. The zero-order chi connectivity index (χ0) is 13.8. The van der Waals surface area contributed by atoms with Crippen molar-refractivity contribution >= 4 is 5.82 Å². The van der Waals surface area contributed by atoms with Crippen LogP contribution in [0.1, 0.15) is 0 Å². The first-order valence-corrected chi connectivity index (χ1v) is 6.04. The van der Waals surface area contributed by atoms with Crippen LogP contribution < -0.4 is 10.1 Å². The molecule has 1 N–H and O–H groups in total. The molecule has 1 aromatic heterocycles. The molecule has 2 heterocycles. The average molecular weight is 271 g/mol. The fourth-order valence-corrected chi connectivity index (χ4v) is 1.74. The van der Waals surface area contributed by atoms with E-state index in [1.54, 1.807) is 19.4 Å². The first-order chi connectivity index (χ1) is 9.85. The number of aromatic nitrogens is 2. The molecule has 6 heteroatoms. The molecule has 2 aromatic rings. The second kappa shape index (κ2) is 5.48. The van der Waals surface area contributed by atoms with Crippen molar-refractivity contribution < 1.29 is 14.2 Å². The summed E-state index contributed by atoms with van der Waals surface area (Å²) >= 11 is 0. The Labute approximate surface area is 116 Å². The molecule has 0 amide bonds. The Kier molecular flexibility index (Phi) is 3.36. The lowest BCUT2D eigenvalue weighted by Gasteiger charge is -2.07. The lowest BCUT2D eigenvalue weighted by molar-refractivity contribution is 0.0823. The highest BCUT2D eigenvalue weighted by Gasteiger charge is 2.08. The van der Waals surface area contributed by atoms with Gasteiger partial charge in [0.25, 0.3) is 0 Å². The first kappa shape index (κ1) is 12.3. The largest absolute Gasteiger partial charge is 0.497 e. The predicted octanol–water partition coefficient (Wildman–Crippen LogP) is 2.37. The summed E-state index contributed by atoms with van der Waals surface area (Å²) in [6.07, 6.45) is 3.19. The number of hydrogen-bond donors (Lipinski definition) is 1. The highest BCUT2D eigenvalue weighted by atomic mass is 16.7. The fourth-order valence-electron chi connectivity index (χ4n) is 1.74. The van der Waals surface area contributed by atoms with E-state index in [0.717, 1.165) is 11.3 Å². The summed E-state index contributed by atoms with van der Waals surface area (Å²) in [4.78, 5) is 8.68. The van der Waals surface area contributed by atoms with Crippen LogP contribution in [0.2, 0.25) is 0 Å². The topological polar surface area (TPSA) is 65.5 Å². The minimum absolute atomic E-state index is 0.221. The second-order valence-corrected chi connectivity index (χ2v) is 4.03. The van der Waals surface area contributed by atoms with E-state index in [1.165, 1.54) is 6.26 Å². The van der Waals surface area contributed by atoms with Crippen molar-refractivity contribution in [2.24, 2.45) is 0 Å². The van der Waals surface area contributed by atoms with Crippen molar-refractivity contribution in [2.75, 3.05) is 19.2 Å². The Morgan fingerprint density at radius 1 is 1.20 bits per heavy atom. The van der Waals surface area contributed by atoms with Crippen LogP contribution in [0.3, 0.4) is 0 Å². The van der Waals surface area contributed by atoms with Gasteiger partial charge in [-0.15, -0.1) is 0 Å². The summed E-state index contributed by atoms with van der Waals surface area (Å²) in [5.74, 6) is 2.59. The quantitative estimate of drug-likeness (QED) is 0.921. The highest BCUT2D eigenvalue weighted by Crippen LogP contribution is 2.20. The van der Waals surface area contributed by atoms with Crippen LogP contribution in [0, 0.1) is 0 Å². The van der Waals surface area contributed by atoms with Gasteiger partial charge in [0.05, 0.1) is 7.11 Å². The summed E-state index contributed by atoms with van der Waals surface area (Å²) in [5.41, 5.74) is 0.909. The monoisotopic (exact) mass is 271 g/mol. The molecule has 0 saturated carbocycles. The minimum atomic E-state index is 0.221. The molecule has 0 bridgehead atoms. The molecule has 6 nitrogen and oxygen atoms in total. The van der Waals surface area contributed by atoms with Gasteiger partial charge in [-0.1, -0.05) is 0 Å². The maximum atomic E-state index is 5.18. The molecule has 1 aliphatic heterocycles. The molecular weight excluding hydrogens is 258 g/mol. The van der Waals surface area contributed by atoms with E-state index in [-0.39, 0.29) is 6.79 Å². The molecule has 0 radical (unpaired) electrons. The van der Waals surface area contributed by atoms with E-state index in [9.17, 15) is 0 Å². The first-order valence-electron chi connectivity index (χ1n) is 6.04. The van der Waals surface area contributed by atoms with Crippen molar-refractivity contribution in [2.45, 2.75) is 0 Å². The zero-order valence-electron chi connectivity index (χ0n) is 10.9. The molecule has 0 unspecified atom stereocenters. The number of ether oxygens (including phenoxy) is 3. The van der Waals surface area contributed by atoms with Crippen LogP contribution in [0.4, 0.5) is 5.82 Å². The van der Waals surface area contributed by atoms with Crippen molar-refractivity contribution in [1.82, 2.24) is 9.97 Å². The maximum Gasteiger partial charge on any atom is 0.232 e. The van der Waals surface area contributed by atoms with Gasteiger partial charge in [-0.3, -0.25) is 0 Å². The number of anilines is 1. The standard InChI is InChI=1S/C14H13N3O3/c1-18-11-4-2-10(3-5-11)14-15-7-6-12(17-14)16-13-8-19-9-20-13/h2-8H,9H2,1H3,(H,15,16,17). The second-order valence-electron chi connectivity index (χ2n) is 4.03. The molecule has 0 spiro atoms. The highest BCUT2D eigenvalue weighted by molar-refractivity contribution is 5.58. The zero-order valence-corrected chi connectivity index (χ0v) is 10.9. The molecule has 1 aromatic carbocycles. The third-order valence-electron chi connectivity index (χ3n) is 2.73. The van der Waals surface area contributed by atoms with E-state index in [1.807, 2.05) is 24.3 Å². The van der Waals surface area contributed by atoms with E-state index in [2.05, 4.69) is 15.3 Å². The molecule has 102 valence electrons. The van der Waals surface area contributed by atoms with Crippen molar-refractivity contribution in [3.63, 3.8) is 0 Å². The van der Waals surface area contributed by atoms with Crippen LogP contribution in [0.5, 0.6) is 5.75 Å². The van der Waals surface area contributed by atoms with Crippen LogP contribution >= 0.6 is 0 Å². The van der Waals surface area contributed by atoms with Crippen LogP contribution in [0.15, 0.2) is 48.7 Å². The van der Waals surface area contributed by atoms with Gasteiger partial charge in [-0.2, -0.15) is 0 Å². The Morgan fingerprint density at radius 2 is 2.05 bits per heavy atom. The molecule has 0 aliphatic carbocycles. The van der Waals surface area contributed by atoms with Crippen molar-refractivity contribution in [3.8, 4) is 17.1 Å². The molecule has 3 rings (SSSR count). The van der Waals surface area contributed by atoms with Gasteiger partial charge in [-0.05, 0) is 30.3 Å². The van der Waals surface area contributed by atoms with E-state index in [4.69, 9.17) is 14.2 Å². The van der Waals surface area contributed by atoms with Gasteiger partial charge in [0.15, 0.2) is 5.82 Å². The van der Waals surface area contributed by atoms with Crippen LogP contribution in [-0.4, -0.2) is 23.9 Å². The Morgan fingerprint density at radius 3 is 2.75 bits per heavy atom. The molecule has 0 atom stereocenters. The normalized spacial score (nSPS) is 13.2. The Hall–Kier alpha value is -2.76. The fraction of sp³-hybridized carbons (Fsp3) is 0.143. The Bertz CT molecular complexity index is 626. The van der Waals surface area contributed by atoms with E-state index >= 15 is 0 Å².